The standard InChI is InChI=1S/C16H17FN4O2/c1-3-13-8-14(23-20-13)9-21(2)10-15-18-19-16(22-15)11-5-4-6-12(17)7-11/h4-8H,3,9-10H2,1-2H3. The monoisotopic (exact) mass is 316 g/mol. The summed E-state index contributed by atoms with van der Waals surface area (Å²) in [6, 6.07) is 8.00. The zero-order chi connectivity index (χ0) is 16.2. The molecule has 0 fully saturated rings. The maximum atomic E-state index is 13.2. The Balaban J connectivity index is 1.64. The summed E-state index contributed by atoms with van der Waals surface area (Å²) in [5.41, 5.74) is 1.49. The number of benzene rings is 1. The second-order valence-electron chi connectivity index (χ2n) is 5.32. The van der Waals surface area contributed by atoms with E-state index in [-0.39, 0.29) is 5.82 Å². The first kappa shape index (κ1) is 15.4. The van der Waals surface area contributed by atoms with Crippen LogP contribution >= 0.6 is 0 Å². The maximum absolute atomic E-state index is 13.2. The third kappa shape index (κ3) is 3.81. The number of nitrogens with zero attached hydrogens (tertiary/aromatic N) is 4. The zero-order valence-electron chi connectivity index (χ0n) is 13.0. The van der Waals surface area contributed by atoms with Gasteiger partial charge in [0.25, 0.3) is 0 Å². The molecular formula is C16H17FN4O2. The summed E-state index contributed by atoms with van der Waals surface area (Å²) in [4.78, 5) is 1.98. The molecule has 6 nitrogen and oxygen atoms in total. The quantitative estimate of drug-likeness (QED) is 0.696. The largest absolute Gasteiger partial charge is 0.419 e. The van der Waals surface area contributed by atoms with E-state index in [1.54, 1.807) is 12.1 Å². The summed E-state index contributed by atoms with van der Waals surface area (Å²) < 4.78 is 24.1. The van der Waals surface area contributed by atoms with Gasteiger partial charge in [-0.05, 0) is 31.7 Å². The Morgan fingerprint density at radius 1 is 1.17 bits per heavy atom. The van der Waals surface area contributed by atoms with Crippen LogP contribution in [-0.2, 0) is 19.5 Å². The highest BCUT2D eigenvalue weighted by Gasteiger charge is 2.13. The van der Waals surface area contributed by atoms with Gasteiger partial charge in [0.05, 0.1) is 18.8 Å². The number of hydrogen-bond acceptors (Lipinski definition) is 6. The first-order valence-electron chi connectivity index (χ1n) is 7.35. The molecule has 0 saturated carbocycles. The highest BCUT2D eigenvalue weighted by Crippen LogP contribution is 2.19. The van der Waals surface area contributed by atoms with E-state index in [0.29, 0.717) is 30.4 Å². The first-order valence-corrected chi connectivity index (χ1v) is 7.35. The molecule has 3 aromatic rings. The average molecular weight is 316 g/mol. The number of aromatic nitrogens is 3. The average Bonchev–Trinajstić information content (AvgIpc) is 3.16. The molecule has 0 aliphatic carbocycles. The van der Waals surface area contributed by atoms with Gasteiger partial charge < -0.3 is 8.94 Å². The van der Waals surface area contributed by atoms with Crippen molar-refractivity contribution < 1.29 is 13.3 Å². The lowest BCUT2D eigenvalue weighted by atomic mass is 10.2. The molecule has 7 heteroatoms. The third-order valence-electron chi connectivity index (χ3n) is 3.34. The van der Waals surface area contributed by atoms with Crippen molar-refractivity contribution in [3.63, 3.8) is 0 Å². The van der Waals surface area contributed by atoms with Gasteiger partial charge in [-0.1, -0.05) is 18.1 Å². The SMILES string of the molecule is CCc1cc(CN(C)Cc2nnc(-c3cccc(F)c3)o2)on1. The molecule has 1 aromatic carbocycles. The van der Waals surface area contributed by atoms with Crippen LogP contribution in [0.15, 0.2) is 39.3 Å². The minimum Gasteiger partial charge on any atom is -0.419 e. The number of rotatable bonds is 6. The summed E-state index contributed by atoms with van der Waals surface area (Å²) in [5.74, 6) is 1.22. The summed E-state index contributed by atoms with van der Waals surface area (Å²) >= 11 is 0. The van der Waals surface area contributed by atoms with E-state index in [2.05, 4.69) is 15.4 Å². The van der Waals surface area contributed by atoms with Gasteiger partial charge in [0, 0.05) is 11.6 Å². The van der Waals surface area contributed by atoms with Crippen LogP contribution in [0.1, 0.15) is 24.3 Å². The van der Waals surface area contributed by atoms with Crippen molar-refractivity contribution in [2.75, 3.05) is 7.05 Å². The molecule has 0 radical (unpaired) electrons. The Bertz CT molecular complexity index is 784. The topological polar surface area (TPSA) is 68.2 Å². The van der Waals surface area contributed by atoms with E-state index in [9.17, 15) is 4.39 Å². The second-order valence-corrected chi connectivity index (χ2v) is 5.32. The molecule has 0 aliphatic rings. The van der Waals surface area contributed by atoms with Gasteiger partial charge >= 0.3 is 0 Å². The van der Waals surface area contributed by atoms with Gasteiger partial charge in [-0.2, -0.15) is 0 Å². The molecule has 3 rings (SSSR count). The van der Waals surface area contributed by atoms with Crippen molar-refractivity contribution in [1.29, 1.82) is 0 Å². The van der Waals surface area contributed by atoms with E-state index >= 15 is 0 Å². The molecule has 0 saturated heterocycles. The highest BCUT2D eigenvalue weighted by molar-refractivity contribution is 5.52. The second kappa shape index (κ2) is 6.70. The minimum atomic E-state index is -0.337. The lowest BCUT2D eigenvalue weighted by Gasteiger charge is -2.11. The van der Waals surface area contributed by atoms with Crippen LogP contribution in [0.4, 0.5) is 4.39 Å². The fraction of sp³-hybridized carbons (Fsp3) is 0.312. The van der Waals surface area contributed by atoms with Gasteiger partial charge in [0.15, 0.2) is 5.76 Å². The van der Waals surface area contributed by atoms with Gasteiger partial charge in [-0.25, -0.2) is 4.39 Å². The van der Waals surface area contributed by atoms with Crippen LogP contribution < -0.4 is 0 Å². The fourth-order valence-electron chi connectivity index (χ4n) is 2.21. The Hall–Kier alpha value is -2.54. The van der Waals surface area contributed by atoms with E-state index in [1.807, 2.05) is 24.9 Å². The van der Waals surface area contributed by atoms with Crippen molar-refractivity contribution in [3.05, 3.63) is 53.5 Å². The number of aryl methyl sites for hydroxylation is 1. The molecule has 2 heterocycles. The van der Waals surface area contributed by atoms with Gasteiger partial charge in [0.2, 0.25) is 11.8 Å². The normalized spacial score (nSPS) is 11.3. The van der Waals surface area contributed by atoms with E-state index in [0.717, 1.165) is 17.9 Å². The van der Waals surface area contributed by atoms with E-state index in [1.165, 1.54) is 12.1 Å². The zero-order valence-corrected chi connectivity index (χ0v) is 13.0. The molecule has 0 aliphatic heterocycles. The summed E-state index contributed by atoms with van der Waals surface area (Å²) in [5, 5.41) is 11.9. The van der Waals surface area contributed by atoms with E-state index in [4.69, 9.17) is 8.94 Å². The predicted octanol–water partition coefficient (Wildman–Crippen LogP) is 3.06. The predicted molar refractivity (Wildman–Crippen MR) is 80.7 cm³/mol. The van der Waals surface area contributed by atoms with Crippen molar-refractivity contribution in [3.8, 4) is 11.5 Å². The summed E-state index contributed by atoms with van der Waals surface area (Å²) in [7, 11) is 1.92. The Morgan fingerprint density at radius 2 is 2.04 bits per heavy atom. The smallest absolute Gasteiger partial charge is 0.247 e. The molecule has 0 atom stereocenters. The molecule has 0 unspecified atom stereocenters. The molecule has 120 valence electrons. The van der Waals surface area contributed by atoms with Gasteiger partial charge in [0.1, 0.15) is 5.82 Å². The van der Waals surface area contributed by atoms with Crippen LogP contribution in [0.5, 0.6) is 0 Å². The van der Waals surface area contributed by atoms with Crippen molar-refractivity contribution in [1.82, 2.24) is 20.3 Å². The lowest BCUT2D eigenvalue weighted by Crippen LogP contribution is -2.17. The van der Waals surface area contributed by atoms with Gasteiger partial charge in [-0.15, -0.1) is 10.2 Å². The van der Waals surface area contributed by atoms with Crippen LogP contribution in [-0.4, -0.2) is 27.3 Å². The van der Waals surface area contributed by atoms with Crippen molar-refractivity contribution in [2.24, 2.45) is 0 Å². The Morgan fingerprint density at radius 3 is 2.78 bits per heavy atom. The minimum absolute atomic E-state index is 0.306. The van der Waals surface area contributed by atoms with Crippen LogP contribution in [0.25, 0.3) is 11.5 Å². The van der Waals surface area contributed by atoms with Gasteiger partial charge in [-0.3, -0.25) is 4.90 Å². The first-order chi connectivity index (χ1) is 11.1. The highest BCUT2D eigenvalue weighted by atomic mass is 19.1. The van der Waals surface area contributed by atoms with E-state index < -0.39 is 0 Å². The van der Waals surface area contributed by atoms with Crippen LogP contribution in [0.3, 0.4) is 0 Å². The fourth-order valence-corrected chi connectivity index (χ4v) is 2.21. The Kier molecular flexibility index (Phi) is 4.47. The van der Waals surface area contributed by atoms with Crippen molar-refractivity contribution >= 4 is 0 Å². The molecule has 0 N–H and O–H groups in total. The number of halogens is 1. The number of hydrogen-bond donors (Lipinski definition) is 0. The van der Waals surface area contributed by atoms with Crippen molar-refractivity contribution in [2.45, 2.75) is 26.4 Å². The molecule has 2 aromatic heterocycles. The molecule has 0 amide bonds. The Labute approximate surface area is 132 Å². The lowest BCUT2D eigenvalue weighted by molar-refractivity contribution is 0.245. The van der Waals surface area contributed by atoms with Crippen LogP contribution in [0, 0.1) is 5.82 Å². The summed E-state index contributed by atoms with van der Waals surface area (Å²) in [6.07, 6.45) is 0.841. The summed E-state index contributed by atoms with van der Waals surface area (Å²) in [6.45, 7) is 3.08. The molecule has 0 bridgehead atoms. The molecule has 23 heavy (non-hydrogen) atoms. The molecular weight excluding hydrogens is 299 g/mol. The molecule has 0 spiro atoms. The maximum Gasteiger partial charge on any atom is 0.247 e. The third-order valence-corrected chi connectivity index (χ3v) is 3.34. The van der Waals surface area contributed by atoms with Crippen LogP contribution in [0.2, 0.25) is 0 Å².